The van der Waals surface area contributed by atoms with Crippen molar-refractivity contribution >= 4 is 39.3 Å². The number of aromatic nitrogens is 1. The molecule has 4 aromatic carbocycles. The van der Waals surface area contributed by atoms with Crippen LogP contribution in [0.5, 0.6) is 0 Å². The molecule has 0 radical (unpaired) electrons. The standard InChI is InChI=1S/C27H22N2/c1-3-22-25(28-20-11-5-4-6-12-20)17-16-24-23-14-7-8-15-26(23)29(27(22)24)21-13-9-10-19(2)18-21/h3-18,28H,1H2,2H3. The third kappa shape index (κ3) is 2.90. The van der Waals surface area contributed by atoms with Crippen LogP contribution >= 0.6 is 0 Å². The van der Waals surface area contributed by atoms with E-state index < -0.39 is 0 Å². The quantitative estimate of drug-likeness (QED) is 0.345. The maximum absolute atomic E-state index is 4.15. The number of para-hydroxylation sites is 2. The van der Waals surface area contributed by atoms with Gasteiger partial charge < -0.3 is 9.88 Å². The van der Waals surface area contributed by atoms with Gasteiger partial charge in [0.25, 0.3) is 0 Å². The van der Waals surface area contributed by atoms with Crippen LogP contribution in [0.3, 0.4) is 0 Å². The normalized spacial score (nSPS) is 11.1. The molecule has 5 rings (SSSR count). The van der Waals surface area contributed by atoms with E-state index >= 15 is 0 Å². The zero-order valence-corrected chi connectivity index (χ0v) is 16.4. The highest BCUT2D eigenvalue weighted by Gasteiger charge is 2.16. The maximum Gasteiger partial charge on any atom is 0.0634 e. The van der Waals surface area contributed by atoms with Crippen molar-refractivity contribution < 1.29 is 0 Å². The molecule has 0 saturated carbocycles. The molecule has 0 aliphatic heterocycles. The summed E-state index contributed by atoms with van der Waals surface area (Å²) in [7, 11) is 0. The number of aryl methyl sites for hydroxylation is 1. The average Bonchev–Trinajstić information content (AvgIpc) is 3.09. The van der Waals surface area contributed by atoms with Crippen LogP contribution in [0.15, 0.2) is 97.6 Å². The van der Waals surface area contributed by atoms with E-state index in [0.29, 0.717) is 0 Å². The van der Waals surface area contributed by atoms with E-state index in [2.05, 4.69) is 96.2 Å². The molecule has 2 heteroatoms. The van der Waals surface area contributed by atoms with Crippen LogP contribution in [0.2, 0.25) is 0 Å². The number of fused-ring (bicyclic) bond motifs is 3. The maximum atomic E-state index is 4.15. The summed E-state index contributed by atoms with van der Waals surface area (Å²) in [5, 5.41) is 6.05. The first-order valence-electron chi connectivity index (χ1n) is 9.84. The van der Waals surface area contributed by atoms with Crippen LogP contribution in [-0.4, -0.2) is 4.57 Å². The highest BCUT2D eigenvalue weighted by atomic mass is 15.0. The van der Waals surface area contributed by atoms with Gasteiger partial charge >= 0.3 is 0 Å². The van der Waals surface area contributed by atoms with E-state index in [-0.39, 0.29) is 0 Å². The monoisotopic (exact) mass is 374 g/mol. The Morgan fingerprint density at radius 2 is 1.59 bits per heavy atom. The lowest BCUT2D eigenvalue weighted by molar-refractivity contribution is 1.17. The number of nitrogens with zero attached hydrogens (tertiary/aromatic N) is 1. The van der Waals surface area contributed by atoms with Gasteiger partial charge in [-0.2, -0.15) is 0 Å². The van der Waals surface area contributed by atoms with E-state index in [1.165, 1.54) is 27.4 Å². The fraction of sp³-hybridized carbons (Fsp3) is 0.0370. The van der Waals surface area contributed by atoms with Crippen molar-refractivity contribution in [2.75, 3.05) is 5.32 Å². The van der Waals surface area contributed by atoms with E-state index in [1.807, 2.05) is 24.3 Å². The topological polar surface area (TPSA) is 17.0 Å². The zero-order chi connectivity index (χ0) is 19.8. The van der Waals surface area contributed by atoms with Crippen molar-refractivity contribution in [2.45, 2.75) is 6.92 Å². The highest BCUT2D eigenvalue weighted by Crippen LogP contribution is 2.38. The fourth-order valence-corrected chi connectivity index (χ4v) is 4.11. The van der Waals surface area contributed by atoms with Gasteiger partial charge in [-0.1, -0.05) is 67.3 Å². The minimum atomic E-state index is 1.05. The molecule has 5 aromatic rings. The zero-order valence-electron chi connectivity index (χ0n) is 16.4. The largest absolute Gasteiger partial charge is 0.355 e. The second-order valence-electron chi connectivity index (χ2n) is 7.31. The van der Waals surface area contributed by atoms with Crippen LogP contribution < -0.4 is 5.32 Å². The van der Waals surface area contributed by atoms with Crippen LogP contribution in [0, 0.1) is 6.92 Å². The predicted octanol–water partition coefficient (Wildman–Crippen LogP) is 7.48. The Kier molecular flexibility index (Phi) is 4.18. The van der Waals surface area contributed by atoms with Gasteiger partial charge in [0, 0.05) is 33.4 Å². The van der Waals surface area contributed by atoms with Gasteiger partial charge in [-0.3, -0.25) is 0 Å². The molecule has 2 nitrogen and oxygen atoms in total. The first-order valence-corrected chi connectivity index (χ1v) is 9.84. The third-order valence-electron chi connectivity index (χ3n) is 5.39. The lowest BCUT2D eigenvalue weighted by Gasteiger charge is -2.14. The molecular weight excluding hydrogens is 352 g/mol. The summed E-state index contributed by atoms with van der Waals surface area (Å²) in [5.41, 5.74) is 8.00. The summed E-state index contributed by atoms with van der Waals surface area (Å²) < 4.78 is 2.35. The van der Waals surface area contributed by atoms with Gasteiger partial charge in [0.2, 0.25) is 0 Å². The van der Waals surface area contributed by atoms with Crippen LogP contribution in [0.4, 0.5) is 11.4 Å². The number of rotatable bonds is 4. The van der Waals surface area contributed by atoms with Crippen molar-refractivity contribution in [1.29, 1.82) is 0 Å². The molecule has 140 valence electrons. The van der Waals surface area contributed by atoms with Gasteiger partial charge in [0.05, 0.1) is 11.0 Å². The molecule has 0 fully saturated rings. The van der Waals surface area contributed by atoms with Crippen molar-refractivity contribution in [3.8, 4) is 5.69 Å². The lowest BCUT2D eigenvalue weighted by atomic mass is 10.1. The molecule has 29 heavy (non-hydrogen) atoms. The Morgan fingerprint density at radius 3 is 2.38 bits per heavy atom. The summed E-state index contributed by atoms with van der Waals surface area (Å²) in [6, 6.07) is 31.9. The summed E-state index contributed by atoms with van der Waals surface area (Å²) in [4.78, 5) is 0. The number of hydrogen-bond acceptors (Lipinski definition) is 1. The van der Waals surface area contributed by atoms with E-state index in [0.717, 1.165) is 22.6 Å². The molecule has 0 aliphatic carbocycles. The van der Waals surface area contributed by atoms with Crippen molar-refractivity contribution in [3.63, 3.8) is 0 Å². The van der Waals surface area contributed by atoms with Gasteiger partial charge in [-0.05, 0) is 48.9 Å². The van der Waals surface area contributed by atoms with Crippen LogP contribution in [0.25, 0.3) is 33.6 Å². The molecule has 1 N–H and O–H groups in total. The Balaban J connectivity index is 1.86. The molecule has 0 amide bonds. The third-order valence-corrected chi connectivity index (χ3v) is 5.39. The van der Waals surface area contributed by atoms with Crippen LogP contribution in [-0.2, 0) is 0 Å². The molecule has 0 saturated heterocycles. The number of anilines is 2. The summed E-state index contributed by atoms with van der Waals surface area (Å²) >= 11 is 0. The number of hydrogen-bond donors (Lipinski definition) is 1. The van der Waals surface area contributed by atoms with Gasteiger partial charge in [0.1, 0.15) is 0 Å². The molecule has 0 spiro atoms. The van der Waals surface area contributed by atoms with E-state index in [4.69, 9.17) is 0 Å². The smallest absolute Gasteiger partial charge is 0.0634 e. The average molecular weight is 374 g/mol. The highest BCUT2D eigenvalue weighted by molar-refractivity contribution is 6.13. The fourth-order valence-electron chi connectivity index (χ4n) is 4.11. The van der Waals surface area contributed by atoms with E-state index in [9.17, 15) is 0 Å². The van der Waals surface area contributed by atoms with Gasteiger partial charge in [-0.15, -0.1) is 0 Å². The van der Waals surface area contributed by atoms with Crippen molar-refractivity contribution in [3.05, 3.63) is 109 Å². The molecule has 0 bridgehead atoms. The summed E-state index contributed by atoms with van der Waals surface area (Å²) in [5.74, 6) is 0. The SMILES string of the molecule is C=Cc1c(Nc2ccccc2)ccc2c3ccccc3n(-c3cccc(C)c3)c12. The molecule has 1 aromatic heterocycles. The Morgan fingerprint density at radius 1 is 0.793 bits per heavy atom. The minimum absolute atomic E-state index is 1.05. The molecule has 0 aliphatic rings. The molecular formula is C27H22N2. The van der Waals surface area contributed by atoms with Crippen molar-refractivity contribution in [2.24, 2.45) is 0 Å². The molecule has 1 heterocycles. The van der Waals surface area contributed by atoms with E-state index in [1.54, 1.807) is 0 Å². The number of benzene rings is 4. The first-order chi connectivity index (χ1) is 14.3. The molecule has 0 atom stereocenters. The van der Waals surface area contributed by atoms with Gasteiger partial charge in [-0.25, -0.2) is 0 Å². The molecule has 0 unspecified atom stereocenters. The Bertz CT molecular complexity index is 1340. The number of nitrogens with one attached hydrogen (secondary N) is 1. The Hall–Kier alpha value is -3.78. The Labute approximate surface area is 170 Å². The lowest BCUT2D eigenvalue weighted by Crippen LogP contribution is -1.99. The minimum Gasteiger partial charge on any atom is -0.355 e. The second-order valence-corrected chi connectivity index (χ2v) is 7.31. The van der Waals surface area contributed by atoms with Gasteiger partial charge in [0.15, 0.2) is 0 Å². The summed E-state index contributed by atoms with van der Waals surface area (Å²) in [6.45, 7) is 6.29. The van der Waals surface area contributed by atoms with Crippen molar-refractivity contribution in [1.82, 2.24) is 4.57 Å². The first kappa shape index (κ1) is 17.3. The summed E-state index contributed by atoms with van der Waals surface area (Å²) in [6.07, 6.45) is 1.96. The second kappa shape index (κ2) is 6.99. The van der Waals surface area contributed by atoms with Crippen LogP contribution in [0.1, 0.15) is 11.1 Å². The predicted molar refractivity (Wildman–Crippen MR) is 125 cm³/mol.